The zero-order chi connectivity index (χ0) is 21.8. The van der Waals surface area contributed by atoms with Gasteiger partial charge in [0.25, 0.3) is 0 Å². The first-order valence-corrected chi connectivity index (χ1v) is 11.2. The van der Waals surface area contributed by atoms with Crippen LogP contribution in [-0.4, -0.2) is 63.0 Å². The van der Waals surface area contributed by atoms with E-state index in [0.29, 0.717) is 19.6 Å². The summed E-state index contributed by atoms with van der Waals surface area (Å²) in [5.41, 5.74) is 2.93. The molecule has 1 unspecified atom stereocenters. The quantitative estimate of drug-likeness (QED) is 0.565. The van der Waals surface area contributed by atoms with Crippen molar-refractivity contribution in [3.05, 3.63) is 76.8 Å². The van der Waals surface area contributed by atoms with E-state index in [1.54, 1.807) is 6.20 Å². The Hall–Kier alpha value is -2.71. The maximum Gasteiger partial charge on any atom is 0.236 e. The standard InChI is InChI=1S/C23H26FN5OS/c1-16(11-19-5-3-4-10-25-19)28(2)14-23(30)29-12-20(17-6-8-18(24)9-7-17)21(13-29)22-15-31-27-26-22/h3-10,15-16,20-21H,11-14H2,1-2H3/t16?,20-,21+/m0/s1. The van der Waals surface area contributed by atoms with Crippen LogP contribution in [0.25, 0.3) is 0 Å². The molecule has 0 saturated carbocycles. The number of halogens is 1. The van der Waals surface area contributed by atoms with Crippen LogP contribution in [0.15, 0.2) is 54.0 Å². The van der Waals surface area contributed by atoms with E-state index < -0.39 is 0 Å². The first-order chi connectivity index (χ1) is 15.0. The van der Waals surface area contributed by atoms with Crippen LogP contribution in [0.3, 0.4) is 0 Å². The van der Waals surface area contributed by atoms with Gasteiger partial charge in [0.1, 0.15) is 5.82 Å². The lowest BCUT2D eigenvalue weighted by Crippen LogP contribution is -2.42. The highest BCUT2D eigenvalue weighted by atomic mass is 32.1. The smallest absolute Gasteiger partial charge is 0.236 e. The summed E-state index contributed by atoms with van der Waals surface area (Å²) in [5, 5.41) is 6.20. The molecule has 1 aliphatic heterocycles. The Morgan fingerprint density at radius 2 is 2.00 bits per heavy atom. The Morgan fingerprint density at radius 3 is 2.68 bits per heavy atom. The minimum Gasteiger partial charge on any atom is -0.340 e. The second-order valence-electron chi connectivity index (χ2n) is 8.18. The predicted octanol–water partition coefficient (Wildman–Crippen LogP) is 3.34. The molecular formula is C23H26FN5OS. The molecule has 1 aromatic carbocycles. The predicted molar refractivity (Wildman–Crippen MR) is 118 cm³/mol. The highest BCUT2D eigenvalue weighted by molar-refractivity contribution is 7.03. The molecule has 0 spiro atoms. The zero-order valence-electron chi connectivity index (χ0n) is 17.7. The van der Waals surface area contributed by atoms with Crippen LogP contribution in [0.4, 0.5) is 4.39 Å². The fraction of sp³-hybridized carbons (Fsp3) is 0.391. The summed E-state index contributed by atoms with van der Waals surface area (Å²) in [5.74, 6) is -0.0349. The zero-order valence-corrected chi connectivity index (χ0v) is 18.5. The molecule has 1 aliphatic rings. The van der Waals surface area contributed by atoms with Crippen LogP contribution in [0.2, 0.25) is 0 Å². The molecule has 1 amide bonds. The molecule has 8 heteroatoms. The second-order valence-corrected chi connectivity index (χ2v) is 8.79. The van der Waals surface area contributed by atoms with E-state index in [1.807, 2.05) is 47.7 Å². The summed E-state index contributed by atoms with van der Waals surface area (Å²) in [6, 6.07) is 12.6. The van der Waals surface area contributed by atoms with Crippen molar-refractivity contribution in [1.29, 1.82) is 0 Å². The number of amides is 1. The van der Waals surface area contributed by atoms with Gasteiger partial charge in [0.05, 0.1) is 12.2 Å². The Labute approximate surface area is 185 Å². The van der Waals surface area contributed by atoms with Gasteiger partial charge in [-0.25, -0.2) is 4.39 Å². The molecule has 6 nitrogen and oxygen atoms in total. The molecule has 31 heavy (non-hydrogen) atoms. The van der Waals surface area contributed by atoms with Crippen molar-refractivity contribution in [1.82, 2.24) is 24.4 Å². The van der Waals surface area contributed by atoms with Crippen LogP contribution in [-0.2, 0) is 11.2 Å². The maximum absolute atomic E-state index is 13.4. The molecule has 0 N–H and O–H groups in total. The molecule has 0 radical (unpaired) electrons. The van der Waals surface area contributed by atoms with Crippen molar-refractivity contribution >= 4 is 17.4 Å². The molecule has 0 aliphatic carbocycles. The van der Waals surface area contributed by atoms with Gasteiger partial charge < -0.3 is 4.90 Å². The molecule has 162 valence electrons. The lowest BCUT2D eigenvalue weighted by Gasteiger charge is -2.26. The molecule has 3 atom stereocenters. The van der Waals surface area contributed by atoms with Crippen LogP contribution >= 0.6 is 11.5 Å². The lowest BCUT2D eigenvalue weighted by molar-refractivity contribution is -0.131. The maximum atomic E-state index is 13.4. The van der Waals surface area contributed by atoms with Gasteiger partial charge in [0, 0.05) is 54.7 Å². The molecule has 4 rings (SSSR count). The molecule has 3 aromatic rings. The summed E-state index contributed by atoms with van der Waals surface area (Å²) >= 11 is 1.31. The van der Waals surface area contributed by atoms with Crippen LogP contribution in [0.1, 0.15) is 35.7 Å². The van der Waals surface area contributed by atoms with E-state index in [2.05, 4.69) is 26.4 Å². The minimum atomic E-state index is -0.259. The average Bonchev–Trinajstić information content (AvgIpc) is 3.45. The number of likely N-dealkylation sites (tertiary alicyclic amines) is 1. The second kappa shape index (κ2) is 9.62. The highest BCUT2D eigenvalue weighted by Gasteiger charge is 2.38. The van der Waals surface area contributed by atoms with Crippen LogP contribution in [0.5, 0.6) is 0 Å². The average molecular weight is 440 g/mol. The molecule has 2 aromatic heterocycles. The van der Waals surface area contributed by atoms with Crippen molar-refractivity contribution in [2.45, 2.75) is 31.2 Å². The van der Waals surface area contributed by atoms with Gasteiger partial charge in [0.2, 0.25) is 5.91 Å². The highest BCUT2D eigenvalue weighted by Crippen LogP contribution is 2.39. The van der Waals surface area contributed by atoms with Crippen LogP contribution in [0, 0.1) is 5.82 Å². The summed E-state index contributed by atoms with van der Waals surface area (Å²) in [4.78, 5) is 21.5. The van der Waals surface area contributed by atoms with E-state index in [4.69, 9.17) is 0 Å². The number of hydrogen-bond acceptors (Lipinski definition) is 6. The number of pyridine rings is 1. The Balaban J connectivity index is 1.43. The number of hydrogen-bond donors (Lipinski definition) is 0. The fourth-order valence-corrected chi connectivity index (χ4v) is 4.65. The van der Waals surface area contributed by atoms with Gasteiger partial charge in [-0.15, -0.1) is 5.10 Å². The molecule has 1 fully saturated rings. The largest absolute Gasteiger partial charge is 0.340 e. The Bertz CT molecular complexity index is 983. The van der Waals surface area contributed by atoms with Crippen molar-refractivity contribution in [2.75, 3.05) is 26.7 Å². The van der Waals surface area contributed by atoms with E-state index in [9.17, 15) is 9.18 Å². The van der Waals surface area contributed by atoms with Crippen molar-refractivity contribution in [2.24, 2.45) is 0 Å². The van der Waals surface area contributed by atoms with E-state index in [0.717, 1.165) is 23.4 Å². The topological polar surface area (TPSA) is 62.2 Å². The van der Waals surface area contributed by atoms with Gasteiger partial charge in [-0.1, -0.05) is 22.7 Å². The van der Waals surface area contributed by atoms with Crippen LogP contribution < -0.4 is 0 Å². The molecular weight excluding hydrogens is 413 g/mol. The molecule has 1 saturated heterocycles. The molecule has 0 bridgehead atoms. The van der Waals surface area contributed by atoms with Crippen molar-refractivity contribution in [3.8, 4) is 0 Å². The third kappa shape index (κ3) is 5.14. The van der Waals surface area contributed by atoms with Gasteiger partial charge in [-0.05, 0) is 55.3 Å². The van der Waals surface area contributed by atoms with Gasteiger partial charge in [0.15, 0.2) is 0 Å². The number of nitrogens with zero attached hydrogens (tertiary/aromatic N) is 5. The number of benzene rings is 1. The number of rotatable bonds is 7. The van der Waals surface area contributed by atoms with E-state index >= 15 is 0 Å². The SMILES string of the molecule is CC(Cc1ccccn1)N(C)CC(=O)N1C[C@@H](c2ccc(F)cc2)[C@H](c2csnn2)C1. The first-order valence-electron chi connectivity index (χ1n) is 10.4. The van der Waals surface area contributed by atoms with Crippen molar-refractivity contribution in [3.63, 3.8) is 0 Å². The number of aromatic nitrogens is 3. The Morgan fingerprint density at radius 1 is 1.23 bits per heavy atom. The summed E-state index contributed by atoms with van der Waals surface area (Å²) in [6.07, 6.45) is 2.58. The fourth-order valence-electron chi connectivity index (χ4n) is 4.13. The third-order valence-corrected chi connectivity index (χ3v) is 6.62. The van der Waals surface area contributed by atoms with E-state index in [-0.39, 0.29) is 29.6 Å². The summed E-state index contributed by atoms with van der Waals surface area (Å²) in [7, 11) is 1.97. The lowest BCUT2D eigenvalue weighted by atomic mass is 9.87. The first kappa shape index (κ1) is 21.5. The number of carbonyl (C=O) groups excluding carboxylic acids is 1. The van der Waals surface area contributed by atoms with Gasteiger partial charge >= 0.3 is 0 Å². The van der Waals surface area contributed by atoms with E-state index in [1.165, 1.54) is 23.7 Å². The summed E-state index contributed by atoms with van der Waals surface area (Å²) in [6.45, 7) is 3.63. The van der Waals surface area contributed by atoms with Gasteiger partial charge in [-0.2, -0.15) is 0 Å². The monoisotopic (exact) mass is 439 g/mol. The number of likely N-dealkylation sites (N-methyl/N-ethyl adjacent to an activating group) is 1. The normalized spacial score (nSPS) is 19.7. The molecule has 3 heterocycles. The number of carbonyl (C=O) groups is 1. The summed E-state index contributed by atoms with van der Waals surface area (Å²) < 4.78 is 17.4. The third-order valence-electron chi connectivity index (χ3n) is 6.10. The minimum absolute atomic E-state index is 0.0596. The van der Waals surface area contributed by atoms with Gasteiger partial charge in [-0.3, -0.25) is 14.7 Å². The van der Waals surface area contributed by atoms with Crippen molar-refractivity contribution < 1.29 is 9.18 Å². The Kier molecular flexibility index (Phi) is 6.67.